The number of ether oxygens (including phenoxy) is 1. The number of hydrogen-bond acceptors (Lipinski definition) is 3. The van der Waals surface area contributed by atoms with E-state index < -0.39 is 0 Å². The Morgan fingerprint density at radius 3 is 2.78 bits per heavy atom. The van der Waals surface area contributed by atoms with Crippen LogP contribution in [-0.4, -0.2) is 37.7 Å². The molecule has 0 atom stereocenters. The number of piperidine rings is 1. The van der Waals surface area contributed by atoms with Gasteiger partial charge in [0.2, 0.25) is 0 Å². The lowest BCUT2D eigenvalue weighted by Crippen LogP contribution is -2.38. The van der Waals surface area contributed by atoms with Gasteiger partial charge < -0.3 is 15.0 Å². The molecule has 0 unspecified atom stereocenters. The fraction of sp³-hybridized carbons (Fsp3) is 0.600. The number of rotatable bonds is 5. The van der Waals surface area contributed by atoms with Gasteiger partial charge in [-0.25, -0.2) is 0 Å². The van der Waals surface area contributed by atoms with E-state index in [0.717, 1.165) is 0 Å². The van der Waals surface area contributed by atoms with E-state index in [-0.39, 0.29) is 0 Å². The lowest BCUT2D eigenvalue weighted by Gasteiger charge is -2.32. The smallest absolute Gasteiger partial charge is 0.0713 e. The van der Waals surface area contributed by atoms with Crippen molar-refractivity contribution < 1.29 is 4.74 Å². The standard InChI is InChI=1S/C15H24N2O/c1-3-17-9-7-14(8-10-17)16-15-6-4-5-13(11-15)12-18-2/h4-6,11,14,16H,3,7-10,12H2,1-2H3. The molecule has 18 heavy (non-hydrogen) atoms. The van der Waals surface area contributed by atoms with Gasteiger partial charge in [0.1, 0.15) is 0 Å². The predicted molar refractivity (Wildman–Crippen MR) is 75.9 cm³/mol. The Morgan fingerprint density at radius 2 is 2.11 bits per heavy atom. The lowest BCUT2D eigenvalue weighted by atomic mass is 10.0. The molecule has 1 aliphatic rings. The SMILES string of the molecule is CCN1CCC(Nc2cccc(COC)c2)CC1. The average Bonchev–Trinajstić information content (AvgIpc) is 2.40. The van der Waals surface area contributed by atoms with E-state index in [1.54, 1.807) is 7.11 Å². The van der Waals surface area contributed by atoms with E-state index in [9.17, 15) is 0 Å². The Kier molecular flexibility index (Phi) is 5.02. The number of nitrogens with one attached hydrogen (secondary N) is 1. The molecule has 100 valence electrons. The molecule has 1 aliphatic heterocycles. The van der Waals surface area contributed by atoms with Gasteiger partial charge in [0, 0.05) is 31.9 Å². The third kappa shape index (κ3) is 3.72. The third-order valence-corrected chi connectivity index (χ3v) is 3.64. The summed E-state index contributed by atoms with van der Waals surface area (Å²) in [6, 6.07) is 9.15. The third-order valence-electron chi connectivity index (χ3n) is 3.64. The Labute approximate surface area is 110 Å². The van der Waals surface area contributed by atoms with Crippen LogP contribution in [0.25, 0.3) is 0 Å². The lowest BCUT2D eigenvalue weighted by molar-refractivity contribution is 0.185. The zero-order valence-corrected chi connectivity index (χ0v) is 11.5. The van der Waals surface area contributed by atoms with Crippen LogP contribution >= 0.6 is 0 Å². The van der Waals surface area contributed by atoms with Crippen LogP contribution in [-0.2, 0) is 11.3 Å². The minimum atomic E-state index is 0.616. The van der Waals surface area contributed by atoms with Gasteiger partial charge >= 0.3 is 0 Å². The highest BCUT2D eigenvalue weighted by atomic mass is 16.5. The molecule has 0 spiro atoms. The van der Waals surface area contributed by atoms with Crippen molar-refractivity contribution in [2.45, 2.75) is 32.4 Å². The zero-order chi connectivity index (χ0) is 12.8. The highest BCUT2D eigenvalue weighted by Crippen LogP contribution is 2.17. The minimum absolute atomic E-state index is 0.616. The number of hydrogen-bond donors (Lipinski definition) is 1. The molecule has 0 aliphatic carbocycles. The van der Waals surface area contributed by atoms with Gasteiger partial charge in [0.25, 0.3) is 0 Å². The molecule has 2 rings (SSSR count). The first-order valence-electron chi connectivity index (χ1n) is 6.88. The predicted octanol–water partition coefficient (Wildman–Crippen LogP) is 2.73. The molecule has 0 amide bonds. The molecule has 0 bridgehead atoms. The summed E-state index contributed by atoms with van der Waals surface area (Å²) in [5.41, 5.74) is 2.45. The Morgan fingerprint density at radius 1 is 1.33 bits per heavy atom. The van der Waals surface area contributed by atoms with Crippen molar-refractivity contribution in [2.24, 2.45) is 0 Å². The monoisotopic (exact) mass is 248 g/mol. The maximum Gasteiger partial charge on any atom is 0.0713 e. The highest BCUT2D eigenvalue weighted by molar-refractivity contribution is 5.46. The van der Waals surface area contributed by atoms with Crippen molar-refractivity contribution >= 4 is 5.69 Å². The number of benzene rings is 1. The summed E-state index contributed by atoms with van der Waals surface area (Å²) < 4.78 is 5.17. The Bertz CT molecular complexity index is 359. The summed E-state index contributed by atoms with van der Waals surface area (Å²) in [7, 11) is 1.74. The van der Waals surface area contributed by atoms with E-state index in [4.69, 9.17) is 4.74 Å². The van der Waals surface area contributed by atoms with Gasteiger partial charge in [-0.1, -0.05) is 19.1 Å². The minimum Gasteiger partial charge on any atom is -0.382 e. The van der Waals surface area contributed by atoms with Crippen LogP contribution in [0.15, 0.2) is 24.3 Å². The second-order valence-electron chi connectivity index (χ2n) is 4.99. The van der Waals surface area contributed by atoms with Gasteiger partial charge in [0.05, 0.1) is 6.61 Å². The first-order chi connectivity index (χ1) is 8.81. The maximum absolute atomic E-state index is 5.17. The van der Waals surface area contributed by atoms with E-state index >= 15 is 0 Å². The topological polar surface area (TPSA) is 24.5 Å². The van der Waals surface area contributed by atoms with E-state index in [0.29, 0.717) is 12.6 Å². The van der Waals surface area contributed by atoms with Crippen LogP contribution in [0.4, 0.5) is 5.69 Å². The van der Waals surface area contributed by atoms with Gasteiger partial charge in [-0.05, 0) is 37.1 Å². The molecule has 1 aromatic rings. The normalized spacial score (nSPS) is 17.9. The van der Waals surface area contributed by atoms with Gasteiger partial charge in [0.15, 0.2) is 0 Å². The quantitative estimate of drug-likeness (QED) is 0.867. The van der Waals surface area contributed by atoms with Crippen LogP contribution in [0.1, 0.15) is 25.3 Å². The van der Waals surface area contributed by atoms with Gasteiger partial charge in [-0.2, -0.15) is 0 Å². The van der Waals surface area contributed by atoms with Crippen molar-refractivity contribution in [2.75, 3.05) is 32.1 Å². The molecule has 1 N–H and O–H groups in total. The number of nitrogens with zero attached hydrogens (tertiary/aromatic N) is 1. The Hall–Kier alpha value is -1.06. The van der Waals surface area contributed by atoms with Crippen LogP contribution < -0.4 is 5.32 Å². The van der Waals surface area contributed by atoms with Crippen LogP contribution in [0.2, 0.25) is 0 Å². The maximum atomic E-state index is 5.17. The second-order valence-corrected chi connectivity index (χ2v) is 4.99. The highest BCUT2D eigenvalue weighted by Gasteiger charge is 2.17. The summed E-state index contributed by atoms with van der Waals surface area (Å²) >= 11 is 0. The van der Waals surface area contributed by atoms with Crippen molar-refractivity contribution in [1.82, 2.24) is 4.90 Å². The number of methoxy groups -OCH3 is 1. The molecule has 3 heteroatoms. The van der Waals surface area contributed by atoms with Crippen molar-refractivity contribution in [1.29, 1.82) is 0 Å². The van der Waals surface area contributed by atoms with Crippen LogP contribution in [0.3, 0.4) is 0 Å². The van der Waals surface area contributed by atoms with E-state index in [1.165, 1.54) is 43.7 Å². The summed E-state index contributed by atoms with van der Waals surface area (Å²) in [6.45, 7) is 6.53. The van der Waals surface area contributed by atoms with Gasteiger partial charge in [-0.15, -0.1) is 0 Å². The van der Waals surface area contributed by atoms with Crippen molar-refractivity contribution in [3.63, 3.8) is 0 Å². The molecular weight excluding hydrogens is 224 g/mol. The fourth-order valence-corrected chi connectivity index (χ4v) is 2.55. The summed E-state index contributed by atoms with van der Waals surface area (Å²) in [6.07, 6.45) is 2.48. The van der Waals surface area contributed by atoms with Crippen molar-refractivity contribution in [3.8, 4) is 0 Å². The molecule has 1 saturated heterocycles. The van der Waals surface area contributed by atoms with Gasteiger partial charge in [-0.3, -0.25) is 0 Å². The second kappa shape index (κ2) is 6.76. The Balaban J connectivity index is 1.87. The largest absolute Gasteiger partial charge is 0.382 e. The summed E-state index contributed by atoms with van der Waals surface area (Å²) in [5.74, 6) is 0. The first-order valence-corrected chi connectivity index (χ1v) is 6.88. The van der Waals surface area contributed by atoms with Crippen LogP contribution in [0.5, 0.6) is 0 Å². The molecule has 1 aromatic carbocycles. The molecule has 0 saturated carbocycles. The molecular formula is C15H24N2O. The molecule has 0 aromatic heterocycles. The molecule has 1 fully saturated rings. The summed E-state index contributed by atoms with van der Waals surface area (Å²) in [5, 5.41) is 3.64. The number of anilines is 1. The molecule has 3 nitrogen and oxygen atoms in total. The fourth-order valence-electron chi connectivity index (χ4n) is 2.55. The molecule has 1 heterocycles. The van der Waals surface area contributed by atoms with E-state index in [2.05, 4.69) is 41.4 Å². The zero-order valence-electron chi connectivity index (χ0n) is 11.5. The first kappa shape index (κ1) is 13.4. The molecule has 0 radical (unpaired) electrons. The van der Waals surface area contributed by atoms with E-state index in [1.807, 2.05) is 0 Å². The summed E-state index contributed by atoms with van der Waals surface area (Å²) in [4.78, 5) is 2.51. The van der Waals surface area contributed by atoms with Crippen molar-refractivity contribution in [3.05, 3.63) is 29.8 Å². The average molecular weight is 248 g/mol. The number of likely N-dealkylation sites (tertiary alicyclic amines) is 1. The van der Waals surface area contributed by atoms with Crippen LogP contribution in [0, 0.1) is 0 Å².